The van der Waals surface area contributed by atoms with Crippen LogP contribution < -0.4 is 4.74 Å². The molecule has 0 aliphatic carbocycles. The fourth-order valence-electron chi connectivity index (χ4n) is 2.38. The molecule has 0 bridgehead atoms. The number of carbonyl (C=O) groups is 1. The summed E-state index contributed by atoms with van der Waals surface area (Å²) < 4.78 is 5.37. The first-order valence-corrected chi connectivity index (χ1v) is 8.18. The number of ether oxygens (including phenoxy) is 1. The van der Waals surface area contributed by atoms with Crippen molar-refractivity contribution in [3.8, 4) is 5.75 Å². The van der Waals surface area contributed by atoms with Crippen molar-refractivity contribution in [2.45, 2.75) is 13.0 Å². The molecule has 25 heavy (non-hydrogen) atoms. The van der Waals surface area contributed by atoms with E-state index in [4.69, 9.17) is 4.74 Å². The third-order valence-electron chi connectivity index (χ3n) is 3.83. The van der Waals surface area contributed by atoms with Gasteiger partial charge < -0.3 is 4.74 Å². The third-order valence-corrected chi connectivity index (χ3v) is 3.83. The SMILES string of the molecule is CC(N=Cc1ccc(OC(=O)c2ccccc2)cc1)c1ccccc1. The molecule has 0 aliphatic rings. The van der Waals surface area contributed by atoms with Gasteiger partial charge in [-0.1, -0.05) is 48.5 Å². The number of benzene rings is 3. The van der Waals surface area contributed by atoms with Gasteiger partial charge in [-0.15, -0.1) is 0 Å². The maximum atomic E-state index is 12.0. The number of hydrogen-bond donors (Lipinski definition) is 0. The first kappa shape index (κ1) is 16.7. The van der Waals surface area contributed by atoms with E-state index in [9.17, 15) is 4.79 Å². The Bertz CT molecular complexity index is 840. The Morgan fingerprint density at radius 1 is 0.880 bits per heavy atom. The van der Waals surface area contributed by atoms with Crippen molar-refractivity contribution in [2.75, 3.05) is 0 Å². The van der Waals surface area contributed by atoms with Crippen LogP contribution in [0.1, 0.15) is 34.5 Å². The first-order chi connectivity index (χ1) is 12.2. The van der Waals surface area contributed by atoms with Gasteiger partial charge in [-0.3, -0.25) is 4.99 Å². The van der Waals surface area contributed by atoms with Gasteiger partial charge in [-0.2, -0.15) is 0 Å². The molecule has 0 radical (unpaired) electrons. The maximum absolute atomic E-state index is 12.0. The summed E-state index contributed by atoms with van der Waals surface area (Å²) in [5.41, 5.74) is 2.67. The molecule has 3 heteroatoms. The summed E-state index contributed by atoms with van der Waals surface area (Å²) in [5.74, 6) is 0.154. The largest absolute Gasteiger partial charge is 0.423 e. The highest BCUT2D eigenvalue weighted by Gasteiger charge is 2.07. The van der Waals surface area contributed by atoms with Crippen LogP contribution in [0.4, 0.5) is 0 Å². The molecule has 0 spiro atoms. The Hall–Kier alpha value is -3.20. The summed E-state index contributed by atoms with van der Waals surface area (Å²) in [5, 5.41) is 0. The first-order valence-electron chi connectivity index (χ1n) is 8.18. The average molecular weight is 329 g/mol. The van der Waals surface area contributed by atoms with Crippen LogP contribution in [0.25, 0.3) is 0 Å². The lowest BCUT2D eigenvalue weighted by Gasteiger charge is -2.06. The topological polar surface area (TPSA) is 38.7 Å². The monoisotopic (exact) mass is 329 g/mol. The minimum atomic E-state index is -0.361. The molecule has 0 fully saturated rings. The number of carbonyl (C=O) groups excluding carboxylic acids is 1. The number of hydrogen-bond acceptors (Lipinski definition) is 3. The van der Waals surface area contributed by atoms with Crippen LogP contribution in [0.5, 0.6) is 5.75 Å². The van der Waals surface area contributed by atoms with Crippen molar-refractivity contribution < 1.29 is 9.53 Å². The zero-order valence-electron chi connectivity index (χ0n) is 14.0. The van der Waals surface area contributed by atoms with Crippen LogP contribution in [0.3, 0.4) is 0 Å². The van der Waals surface area contributed by atoms with E-state index in [2.05, 4.69) is 24.0 Å². The van der Waals surface area contributed by atoms with Crippen molar-refractivity contribution in [2.24, 2.45) is 4.99 Å². The van der Waals surface area contributed by atoms with Crippen molar-refractivity contribution in [3.63, 3.8) is 0 Å². The van der Waals surface area contributed by atoms with Crippen LogP contribution in [0.15, 0.2) is 89.9 Å². The molecule has 0 saturated heterocycles. The zero-order chi connectivity index (χ0) is 17.5. The molecular formula is C22H19NO2. The molecule has 0 aliphatic heterocycles. The standard InChI is InChI=1S/C22H19NO2/c1-17(19-8-4-2-5-9-19)23-16-18-12-14-21(15-13-18)25-22(24)20-10-6-3-7-11-20/h2-17H,1H3. The summed E-state index contributed by atoms with van der Waals surface area (Å²) in [4.78, 5) is 16.6. The van der Waals surface area contributed by atoms with Gasteiger partial charge in [0.05, 0.1) is 11.6 Å². The van der Waals surface area contributed by atoms with E-state index >= 15 is 0 Å². The van der Waals surface area contributed by atoms with E-state index in [1.165, 1.54) is 5.56 Å². The fraction of sp³-hybridized carbons (Fsp3) is 0.0909. The van der Waals surface area contributed by atoms with E-state index < -0.39 is 0 Å². The molecule has 1 unspecified atom stereocenters. The van der Waals surface area contributed by atoms with Crippen LogP contribution >= 0.6 is 0 Å². The van der Waals surface area contributed by atoms with Crippen molar-refractivity contribution in [1.29, 1.82) is 0 Å². The quantitative estimate of drug-likeness (QED) is 0.372. The van der Waals surface area contributed by atoms with Crippen LogP contribution in [-0.2, 0) is 0 Å². The van der Waals surface area contributed by atoms with Gasteiger partial charge in [0.2, 0.25) is 0 Å². The minimum Gasteiger partial charge on any atom is -0.423 e. The van der Waals surface area contributed by atoms with E-state index in [1.807, 2.05) is 54.7 Å². The Balaban J connectivity index is 1.62. The number of nitrogens with zero attached hydrogens (tertiary/aromatic N) is 1. The Kier molecular flexibility index (Phi) is 5.37. The number of aliphatic imine (C=N–C) groups is 1. The van der Waals surface area contributed by atoms with Gasteiger partial charge in [0.15, 0.2) is 0 Å². The highest BCUT2D eigenvalue weighted by Crippen LogP contribution is 2.17. The molecule has 0 heterocycles. The van der Waals surface area contributed by atoms with Gasteiger partial charge in [0, 0.05) is 6.21 Å². The summed E-state index contributed by atoms with van der Waals surface area (Å²) >= 11 is 0. The predicted octanol–water partition coefficient (Wildman–Crippen LogP) is 5.09. The lowest BCUT2D eigenvalue weighted by atomic mass is 10.1. The molecule has 3 rings (SSSR count). The zero-order valence-corrected chi connectivity index (χ0v) is 14.0. The molecular weight excluding hydrogens is 310 g/mol. The molecule has 1 atom stereocenters. The maximum Gasteiger partial charge on any atom is 0.343 e. The van der Waals surface area contributed by atoms with Crippen LogP contribution in [0.2, 0.25) is 0 Å². The molecule has 124 valence electrons. The molecule has 3 nitrogen and oxygen atoms in total. The van der Waals surface area contributed by atoms with Crippen molar-refractivity contribution >= 4 is 12.2 Å². The summed E-state index contributed by atoms with van der Waals surface area (Å²) in [7, 11) is 0. The van der Waals surface area contributed by atoms with Crippen molar-refractivity contribution in [3.05, 3.63) is 102 Å². The summed E-state index contributed by atoms with van der Waals surface area (Å²) in [6, 6.07) is 26.5. The second-order valence-electron chi connectivity index (χ2n) is 5.69. The molecule has 3 aromatic rings. The van der Waals surface area contributed by atoms with Crippen molar-refractivity contribution in [1.82, 2.24) is 0 Å². The number of rotatable bonds is 5. The predicted molar refractivity (Wildman–Crippen MR) is 100 cm³/mol. The lowest BCUT2D eigenvalue weighted by molar-refractivity contribution is 0.0735. The highest BCUT2D eigenvalue weighted by atomic mass is 16.5. The Morgan fingerprint density at radius 2 is 1.48 bits per heavy atom. The van der Waals surface area contributed by atoms with E-state index in [-0.39, 0.29) is 12.0 Å². The third kappa shape index (κ3) is 4.64. The van der Waals surface area contributed by atoms with Gasteiger partial charge in [0.25, 0.3) is 0 Å². The lowest BCUT2D eigenvalue weighted by Crippen LogP contribution is -2.08. The van der Waals surface area contributed by atoms with Crippen LogP contribution in [0, 0.1) is 0 Å². The molecule has 0 aromatic heterocycles. The molecule has 0 amide bonds. The van der Waals surface area contributed by atoms with E-state index in [1.54, 1.807) is 24.3 Å². The van der Waals surface area contributed by atoms with Crippen LogP contribution in [-0.4, -0.2) is 12.2 Å². The van der Waals surface area contributed by atoms with Gasteiger partial charge in [-0.25, -0.2) is 4.79 Å². The van der Waals surface area contributed by atoms with Gasteiger partial charge >= 0.3 is 5.97 Å². The van der Waals surface area contributed by atoms with Gasteiger partial charge in [-0.05, 0) is 54.4 Å². The fourth-order valence-corrected chi connectivity index (χ4v) is 2.38. The summed E-state index contributed by atoms with van der Waals surface area (Å²) in [6.45, 7) is 2.06. The molecule has 0 N–H and O–H groups in total. The second-order valence-corrected chi connectivity index (χ2v) is 5.69. The Morgan fingerprint density at radius 3 is 2.12 bits per heavy atom. The molecule has 0 saturated carbocycles. The Labute approximate surface area is 147 Å². The number of esters is 1. The molecule has 3 aromatic carbocycles. The normalized spacial score (nSPS) is 12.0. The van der Waals surface area contributed by atoms with E-state index in [0.717, 1.165) is 5.56 Å². The van der Waals surface area contributed by atoms with E-state index in [0.29, 0.717) is 11.3 Å². The second kappa shape index (κ2) is 8.06. The minimum absolute atomic E-state index is 0.0942. The van der Waals surface area contributed by atoms with Gasteiger partial charge in [0.1, 0.15) is 5.75 Å². The smallest absolute Gasteiger partial charge is 0.343 e. The average Bonchev–Trinajstić information content (AvgIpc) is 2.68. The highest BCUT2D eigenvalue weighted by molar-refractivity contribution is 5.91. The summed E-state index contributed by atoms with van der Waals surface area (Å²) in [6.07, 6.45) is 1.83.